The van der Waals surface area contributed by atoms with Crippen molar-refractivity contribution in [2.24, 2.45) is 0 Å². The Bertz CT molecular complexity index is 927. The highest BCUT2D eigenvalue weighted by Gasteiger charge is 2.30. The molecule has 0 bridgehead atoms. The Morgan fingerprint density at radius 1 is 1.13 bits per heavy atom. The highest BCUT2D eigenvalue weighted by atomic mass is 32.1. The minimum atomic E-state index is 0.298. The van der Waals surface area contributed by atoms with Crippen molar-refractivity contribution in [3.05, 3.63) is 40.4 Å². The normalized spacial score (nSPS) is 20.7. The molecule has 31 heavy (non-hydrogen) atoms. The Morgan fingerprint density at radius 3 is 2.61 bits per heavy atom. The molecule has 2 fully saturated rings. The van der Waals surface area contributed by atoms with Gasteiger partial charge in [-0.3, -0.25) is 14.6 Å². The number of aromatic nitrogens is 1. The number of piperazine rings is 1. The number of fused-ring (bicyclic) bond motifs is 1. The monoisotopic (exact) mass is 438 g/mol. The minimum Gasteiger partial charge on any atom is -0.339 e. The third-order valence-corrected chi connectivity index (χ3v) is 8.36. The summed E-state index contributed by atoms with van der Waals surface area (Å²) < 4.78 is 0. The van der Waals surface area contributed by atoms with E-state index in [1.807, 2.05) is 11.3 Å². The van der Waals surface area contributed by atoms with Crippen molar-refractivity contribution >= 4 is 17.2 Å². The number of amides is 1. The van der Waals surface area contributed by atoms with Gasteiger partial charge in [-0.05, 0) is 24.3 Å². The maximum atomic E-state index is 12.9. The summed E-state index contributed by atoms with van der Waals surface area (Å²) in [7, 11) is 0. The van der Waals surface area contributed by atoms with Crippen molar-refractivity contribution in [1.82, 2.24) is 19.7 Å². The van der Waals surface area contributed by atoms with Crippen LogP contribution in [0.4, 0.5) is 0 Å². The Labute approximate surface area is 190 Å². The zero-order valence-corrected chi connectivity index (χ0v) is 19.7. The quantitative estimate of drug-likeness (QED) is 0.708. The molecule has 1 aromatic heterocycles. The molecule has 1 aromatic carbocycles. The lowest BCUT2D eigenvalue weighted by molar-refractivity contribution is -0.135. The van der Waals surface area contributed by atoms with Crippen molar-refractivity contribution in [2.45, 2.75) is 58.0 Å². The van der Waals surface area contributed by atoms with E-state index < -0.39 is 0 Å². The lowest BCUT2D eigenvalue weighted by Crippen LogP contribution is -2.55. The number of carbonyl (C=O) groups is 1. The largest absolute Gasteiger partial charge is 0.339 e. The van der Waals surface area contributed by atoms with Crippen molar-refractivity contribution in [3.63, 3.8) is 0 Å². The highest BCUT2D eigenvalue weighted by Crippen LogP contribution is 2.35. The van der Waals surface area contributed by atoms with Gasteiger partial charge in [0.15, 0.2) is 0 Å². The maximum Gasteiger partial charge on any atom is 0.236 e. The summed E-state index contributed by atoms with van der Waals surface area (Å²) in [6.07, 6.45) is 5.02. The number of benzene rings is 1. The van der Waals surface area contributed by atoms with Crippen LogP contribution in [0, 0.1) is 0 Å². The molecule has 0 atom stereocenters. The first-order valence-electron chi connectivity index (χ1n) is 11.9. The average molecular weight is 439 g/mol. The fraction of sp³-hybridized carbons (Fsp3) is 0.600. The van der Waals surface area contributed by atoms with E-state index in [1.54, 1.807) is 0 Å². The molecule has 2 aromatic rings. The number of carbonyl (C=O) groups excluding carboxylic acids is 1. The lowest BCUT2D eigenvalue weighted by atomic mass is 9.91. The van der Waals surface area contributed by atoms with Gasteiger partial charge in [0, 0.05) is 62.2 Å². The predicted octanol–water partition coefficient (Wildman–Crippen LogP) is 3.99. The molecule has 1 amide bonds. The number of hydrogen-bond acceptors (Lipinski definition) is 5. The molecule has 3 aliphatic rings. The van der Waals surface area contributed by atoms with Crippen molar-refractivity contribution < 1.29 is 4.79 Å². The summed E-state index contributed by atoms with van der Waals surface area (Å²) in [5.74, 6) is 0.780. The van der Waals surface area contributed by atoms with Gasteiger partial charge in [-0.25, -0.2) is 4.98 Å². The Morgan fingerprint density at radius 2 is 1.90 bits per heavy atom. The van der Waals surface area contributed by atoms with Gasteiger partial charge in [0.2, 0.25) is 5.91 Å². The van der Waals surface area contributed by atoms with E-state index in [-0.39, 0.29) is 0 Å². The zero-order chi connectivity index (χ0) is 21.4. The van der Waals surface area contributed by atoms with E-state index in [1.165, 1.54) is 41.0 Å². The van der Waals surface area contributed by atoms with Crippen LogP contribution in [0.15, 0.2) is 24.3 Å². The van der Waals surface area contributed by atoms with Gasteiger partial charge in [0.05, 0.1) is 12.2 Å². The predicted molar refractivity (Wildman–Crippen MR) is 126 cm³/mol. The maximum absolute atomic E-state index is 12.9. The first kappa shape index (κ1) is 21.1. The highest BCUT2D eigenvalue weighted by molar-refractivity contribution is 7.15. The molecule has 5 nitrogen and oxygen atoms in total. The third-order valence-electron chi connectivity index (χ3n) is 7.24. The lowest BCUT2D eigenvalue weighted by Gasteiger charge is -2.43. The summed E-state index contributed by atoms with van der Waals surface area (Å²) in [5, 5.41) is 1.13. The second-order valence-corrected chi connectivity index (χ2v) is 10.7. The van der Waals surface area contributed by atoms with Crippen LogP contribution >= 0.6 is 11.3 Å². The van der Waals surface area contributed by atoms with E-state index in [9.17, 15) is 4.79 Å². The summed E-state index contributed by atoms with van der Waals surface area (Å²) in [4.78, 5) is 26.3. The molecule has 3 heterocycles. The zero-order valence-electron chi connectivity index (χ0n) is 18.8. The van der Waals surface area contributed by atoms with E-state index in [4.69, 9.17) is 4.98 Å². The van der Waals surface area contributed by atoms with Crippen molar-refractivity contribution in [3.8, 4) is 10.6 Å². The molecule has 0 N–H and O–H groups in total. The van der Waals surface area contributed by atoms with Crippen LogP contribution in [0.5, 0.6) is 0 Å². The summed E-state index contributed by atoms with van der Waals surface area (Å²) in [5.41, 5.74) is 3.86. The second-order valence-electron chi connectivity index (χ2n) is 9.59. The van der Waals surface area contributed by atoms with Crippen LogP contribution < -0.4 is 0 Å². The molecular formula is C25H34N4OS. The Hall–Kier alpha value is -1.76. The number of hydrogen-bond donors (Lipinski definition) is 0. The fourth-order valence-corrected chi connectivity index (χ4v) is 6.27. The fourth-order valence-electron chi connectivity index (χ4n) is 5.07. The standard InChI is InChI=1S/C25H34N4OS/c1-18(2)20-8-3-4-9-21(20)25-26-22-10-11-27(16-23(22)31-25)17-24(30)29-14-12-28(13-15-29)19-6-5-7-19/h3-4,8-9,18-19H,5-7,10-17H2,1-2H3. The van der Waals surface area contributed by atoms with Crippen LogP contribution in [0.3, 0.4) is 0 Å². The molecular weight excluding hydrogens is 404 g/mol. The van der Waals surface area contributed by atoms with Gasteiger partial charge in [-0.15, -0.1) is 11.3 Å². The van der Waals surface area contributed by atoms with Gasteiger partial charge in [-0.2, -0.15) is 0 Å². The van der Waals surface area contributed by atoms with Crippen LogP contribution in [0.1, 0.15) is 55.2 Å². The first-order valence-corrected chi connectivity index (χ1v) is 12.7. The Balaban J connectivity index is 1.20. The van der Waals surface area contributed by atoms with Crippen LogP contribution in [-0.4, -0.2) is 70.9 Å². The molecule has 0 spiro atoms. The first-order chi connectivity index (χ1) is 15.1. The average Bonchev–Trinajstić information content (AvgIpc) is 3.16. The van der Waals surface area contributed by atoms with E-state index >= 15 is 0 Å². The van der Waals surface area contributed by atoms with Crippen molar-refractivity contribution in [1.29, 1.82) is 0 Å². The van der Waals surface area contributed by atoms with Gasteiger partial charge in [0.25, 0.3) is 0 Å². The van der Waals surface area contributed by atoms with Crippen LogP contribution in [0.25, 0.3) is 10.6 Å². The van der Waals surface area contributed by atoms with Gasteiger partial charge in [-0.1, -0.05) is 44.5 Å². The number of nitrogens with zero attached hydrogens (tertiary/aromatic N) is 4. The van der Waals surface area contributed by atoms with E-state index in [2.05, 4.69) is 52.8 Å². The number of rotatable bonds is 5. The summed E-state index contributed by atoms with van der Waals surface area (Å²) in [6, 6.07) is 9.43. The molecule has 6 heteroatoms. The topological polar surface area (TPSA) is 39.7 Å². The van der Waals surface area contributed by atoms with Gasteiger partial charge < -0.3 is 4.90 Å². The molecule has 0 radical (unpaired) electrons. The third kappa shape index (κ3) is 4.43. The molecule has 2 aliphatic heterocycles. The van der Waals surface area contributed by atoms with E-state index in [0.717, 1.165) is 56.7 Å². The SMILES string of the molecule is CC(C)c1ccccc1-c1nc2c(s1)CN(CC(=O)N1CCN(C3CCC3)CC1)CC2. The van der Waals surface area contributed by atoms with Crippen LogP contribution in [-0.2, 0) is 17.8 Å². The Kier molecular flexibility index (Phi) is 6.13. The van der Waals surface area contributed by atoms with Gasteiger partial charge in [0.1, 0.15) is 5.01 Å². The molecule has 5 rings (SSSR count). The summed E-state index contributed by atoms with van der Waals surface area (Å²) in [6.45, 7) is 10.7. The van der Waals surface area contributed by atoms with Crippen molar-refractivity contribution in [2.75, 3.05) is 39.3 Å². The smallest absolute Gasteiger partial charge is 0.236 e. The molecule has 1 aliphatic carbocycles. The van der Waals surface area contributed by atoms with E-state index in [0.29, 0.717) is 18.4 Å². The van der Waals surface area contributed by atoms with Crippen LogP contribution in [0.2, 0.25) is 0 Å². The van der Waals surface area contributed by atoms with Gasteiger partial charge >= 0.3 is 0 Å². The number of thiazole rings is 1. The molecule has 1 saturated carbocycles. The summed E-state index contributed by atoms with van der Waals surface area (Å²) >= 11 is 1.81. The minimum absolute atomic E-state index is 0.298. The molecule has 166 valence electrons. The molecule has 0 unspecified atom stereocenters. The molecule has 1 saturated heterocycles. The second kappa shape index (κ2) is 9.00.